The fourth-order valence-electron chi connectivity index (χ4n) is 3.33. The van der Waals surface area contributed by atoms with Gasteiger partial charge in [-0.2, -0.15) is 13.2 Å². The second-order valence-electron chi connectivity index (χ2n) is 8.41. The van der Waals surface area contributed by atoms with Gasteiger partial charge in [-0.3, -0.25) is 4.90 Å². The number of hydrogen-bond donors (Lipinski definition) is 0. The Morgan fingerprint density at radius 3 is 2.16 bits per heavy atom. The highest BCUT2D eigenvalue weighted by Crippen LogP contribution is 2.33. The summed E-state index contributed by atoms with van der Waals surface area (Å²) in [7, 11) is 1.25. The van der Waals surface area contributed by atoms with Gasteiger partial charge in [-0.25, -0.2) is 9.59 Å². The van der Waals surface area contributed by atoms with Crippen LogP contribution in [0.3, 0.4) is 0 Å². The van der Waals surface area contributed by atoms with Crippen LogP contribution in [0.4, 0.5) is 18.0 Å². The van der Waals surface area contributed by atoms with Gasteiger partial charge in [-0.15, -0.1) is 0 Å². The van der Waals surface area contributed by atoms with E-state index in [2.05, 4.69) is 0 Å². The number of hydrogen-bond acceptors (Lipinski definition) is 5. The summed E-state index contributed by atoms with van der Waals surface area (Å²) in [5.74, 6) is 0.0714. The fourth-order valence-corrected chi connectivity index (χ4v) is 3.33. The molecule has 0 saturated carbocycles. The minimum atomic E-state index is -4.42. The van der Waals surface area contributed by atoms with E-state index in [1.54, 1.807) is 39.0 Å². The van der Waals surface area contributed by atoms with E-state index in [-0.39, 0.29) is 18.7 Å². The lowest BCUT2D eigenvalue weighted by Gasteiger charge is -2.36. The molecule has 0 bridgehead atoms. The molecule has 0 fully saturated rings. The monoisotopic (exact) mass is 451 g/mol. The number of alkyl halides is 3. The third kappa shape index (κ3) is 5.52. The summed E-state index contributed by atoms with van der Waals surface area (Å²) >= 11 is 0. The van der Waals surface area contributed by atoms with Crippen molar-refractivity contribution in [2.45, 2.75) is 51.6 Å². The van der Waals surface area contributed by atoms with Crippen LogP contribution >= 0.6 is 0 Å². The first-order chi connectivity index (χ1) is 14.9. The number of esters is 1. The van der Waals surface area contributed by atoms with Gasteiger partial charge in [-0.05, 0) is 68.3 Å². The molecule has 0 spiro atoms. The summed E-state index contributed by atoms with van der Waals surface area (Å²) in [6.07, 6.45) is -4.86. The van der Waals surface area contributed by atoms with Gasteiger partial charge in [0, 0.05) is 6.42 Å². The number of ether oxygens (including phenoxy) is 3. The molecule has 3 rings (SSSR count). The summed E-state index contributed by atoms with van der Waals surface area (Å²) in [5, 5.41) is 0. The summed E-state index contributed by atoms with van der Waals surface area (Å²) < 4.78 is 54.2. The van der Waals surface area contributed by atoms with Gasteiger partial charge >= 0.3 is 18.2 Å². The zero-order valence-electron chi connectivity index (χ0n) is 18.2. The maximum atomic E-state index is 12.7. The second-order valence-corrected chi connectivity index (χ2v) is 8.41. The summed E-state index contributed by atoms with van der Waals surface area (Å²) in [4.78, 5) is 26.3. The van der Waals surface area contributed by atoms with Crippen LogP contribution in [-0.4, -0.2) is 35.7 Å². The molecule has 1 unspecified atom stereocenters. The molecule has 32 heavy (non-hydrogen) atoms. The Balaban J connectivity index is 1.82. The first-order valence-corrected chi connectivity index (χ1v) is 9.92. The Morgan fingerprint density at radius 2 is 1.59 bits per heavy atom. The predicted molar refractivity (Wildman–Crippen MR) is 109 cm³/mol. The lowest BCUT2D eigenvalue weighted by Crippen LogP contribution is -2.50. The summed E-state index contributed by atoms with van der Waals surface area (Å²) in [6, 6.07) is 8.60. The zero-order valence-corrected chi connectivity index (χ0v) is 18.2. The third-order valence-corrected chi connectivity index (χ3v) is 4.83. The van der Waals surface area contributed by atoms with Crippen LogP contribution in [0.5, 0.6) is 11.5 Å². The highest BCUT2D eigenvalue weighted by Gasteiger charge is 2.38. The van der Waals surface area contributed by atoms with Crippen molar-refractivity contribution in [3.63, 3.8) is 0 Å². The molecule has 1 aliphatic heterocycles. The smallest absolute Gasteiger partial charge is 0.416 e. The van der Waals surface area contributed by atoms with E-state index in [0.29, 0.717) is 5.75 Å². The van der Waals surface area contributed by atoms with Gasteiger partial charge in [-0.1, -0.05) is 6.07 Å². The fraction of sp³-hybridized carbons (Fsp3) is 0.391. The predicted octanol–water partition coefficient (Wildman–Crippen LogP) is 5.33. The van der Waals surface area contributed by atoms with Crippen molar-refractivity contribution < 1.29 is 37.0 Å². The normalized spacial score (nSPS) is 16.2. The highest BCUT2D eigenvalue weighted by atomic mass is 19.4. The van der Waals surface area contributed by atoms with Crippen LogP contribution in [0.15, 0.2) is 42.5 Å². The second kappa shape index (κ2) is 8.72. The topological polar surface area (TPSA) is 65.1 Å². The molecule has 1 aliphatic rings. The Morgan fingerprint density at radius 1 is 0.969 bits per heavy atom. The van der Waals surface area contributed by atoms with Crippen LogP contribution in [-0.2, 0) is 33.4 Å². The molecule has 172 valence electrons. The molecule has 0 saturated heterocycles. The van der Waals surface area contributed by atoms with Crippen LogP contribution < -0.4 is 4.74 Å². The molecule has 0 aliphatic carbocycles. The molecule has 1 heterocycles. The third-order valence-electron chi connectivity index (χ3n) is 4.83. The molecule has 6 nitrogen and oxygen atoms in total. The number of rotatable bonds is 3. The number of amides is 1. The minimum Gasteiger partial charge on any atom is -0.467 e. The van der Waals surface area contributed by atoms with Gasteiger partial charge in [0.2, 0.25) is 0 Å². The molecular formula is C23H24F3NO5. The van der Waals surface area contributed by atoms with Gasteiger partial charge in [0.1, 0.15) is 23.1 Å². The average molecular weight is 451 g/mol. The summed E-state index contributed by atoms with van der Waals surface area (Å²) in [5.41, 5.74) is 0.0797. The van der Waals surface area contributed by atoms with Crippen LogP contribution in [0, 0.1) is 0 Å². The van der Waals surface area contributed by atoms with Crippen molar-refractivity contribution >= 4 is 12.1 Å². The molecule has 1 amide bonds. The SMILES string of the molecule is COC(=O)C1Cc2cc(Oc3ccc(C(F)(F)F)cc3)ccc2CN1C(=O)OC(C)(C)C. The minimum absolute atomic E-state index is 0.143. The Labute approximate surface area is 183 Å². The van der Waals surface area contributed by atoms with E-state index in [9.17, 15) is 22.8 Å². The number of nitrogens with zero attached hydrogens (tertiary/aromatic N) is 1. The number of fused-ring (bicyclic) bond motifs is 1. The van der Waals surface area contributed by atoms with Crippen molar-refractivity contribution in [1.82, 2.24) is 4.90 Å². The van der Waals surface area contributed by atoms with Crippen molar-refractivity contribution in [1.29, 1.82) is 0 Å². The maximum absolute atomic E-state index is 12.7. The van der Waals surface area contributed by atoms with Gasteiger partial charge < -0.3 is 14.2 Å². The van der Waals surface area contributed by atoms with Crippen molar-refractivity contribution in [3.8, 4) is 11.5 Å². The van der Waals surface area contributed by atoms with E-state index in [0.717, 1.165) is 23.3 Å². The van der Waals surface area contributed by atoms with Crippen molar-refractivity contribution in [3.05, 3.63) is 59.2 Å². The van der Waals surface area contributed by atoms with Gasteiger partial charge in [0.25, 0.3) is 0 Å². The molecule has 1 atom stereocenters. The Bertz CT molecular complexity index is 996. The standard InChI is InChI=1S/C23H24F3NO5/c1-22(2,3)32-21(29)27-13-14-5-8-18(11-15(14)12-19(27)20(28)30-4)31-17-9-6-16(7-10-17)23(24,25)26/h5-11,19H,12-13H2,1-4H3. The number of carbonyl (C=O) groups excluding carboxylic acids is 2. The Hall–Kier alpha value is -3.23. The first kappa shape index (κ1) is 23.4. The van der Waals surface area contributed by atoms with Crippen LogP contribution in [0.1, 0.15) is 37.5 Å². The van der Waals surface area contributed by atoms with E-state index in [1.807, 2.05) is 0 Å². The average Bonchev–Trinajstić information content (AvgIpc) is 2.70. The van der Waals surface area contributed by atoms with Crippen LogP contribution in [0.25, 0.3) is 0 Å². The molecule has 0 N–H and O–H groups in total. The molecule has 0 radical (unpaired) electrons. The van der Waals surface area contributed by atoms with Crippen molar-refractivity contribution in [2.75, 3.05) is 7.11 Å². The van der Waals surface area contributed by atoms with E-state index in [1.165, 1.54) is 24.1 Å². The molecule has 0 aromatic heterocycles. The largest absolute Gasteiger partial charge is 0.467 e. The van der Waals surface area contributed by atoms with Crippen molar-refractivity contribution in [2.24, 2.45) is 0 Å². The lowest BCUT2D eigenvalue weighted by molar-refractivity contribution is -0.147. The number of carbonyl (C=O) groups is 2. The first-order valence-electron chi connectivity index (χ1n) is 9.92. The molecule has 2 aromatic rings. The lowest BCUT2D eigenvalue weighted by atomic mass is 9.94. The number of benzene rings is 2. The quantitative estimate of drug-likeness (QED) is 0.590. The molecule has 2 aromatic carbocycles. The number of methoxy groups -OCH3 is 1. The summed E-state index contributed by atoms with van der Waals surface area (Å²) in [6.45, 7) is 5.35. The highest BCUT2D eigenvalue weighted by molar-refractivity contribution is 5.82. The van der Waals surface area contributed by atoms with Gasteiger partial charge in [0.05, 0.1) is 19.2 Å². The van der Waals surface area contributed by atoms with E-state index < -0.39 is 35.4 Å². The zero-order chi connectivity index (χ0) is 23.7. The van der Waals surface area contributed by atoms with E-state index in [4.69, 9.17) is 14.2 Å². The van der Waals surface area contributed by atoms with Gasteiger partial charge in [0.15, 0.2) is 0 Å². The maximum Gasteiger partial charge on any atom is 0.416 e. The van der Waals surface area contributed by atoms with E-state index >= 15 is 0 Å². The number of halogens is 3. The molecule has 9 heteroatoms. The molecular weight excluding hydrogens is 427 g/mol. The van der Waals surface area contributed by atoms with Crippen LogP contribution in [0.2, 0.25) is 0 Å². The Kier molecular flexibility index (Phi) is 6.39.